The van der Waals surface area contributed by atoms with E-state index in [-0.39, 0.29) is 24.0 Å². The Labute approximate surface area is 178 Å². The molecule has 0 atom stereocenters. The molecule has 11 heteroatoms. The predicted molar refractivity (Wildman–Crippen MR) is 116 cm³/mol. The molecule has 0 unspecified atom stereocenters. The van der Waals surface area contributed by atoms with Crippen molar-refractivity contribution in [3.63, 3.8) is 0 Å². The Morgan fingerprint density at radius 1 is 1.11 bits per heavy atom. The van der Waals surface area contributed by atoms with E-state index in [0.717, 1.165) is 56.0 Å². The molecule has 2 aromatic heterocycles. The van der Waals surface area contributed by atoms with Gasteiger partial charge in [0.2, 0.25) is 0 Å². The molecule has 27 heavy (non-hydrogen) atoms. The van der Waals surface area contributed by atoms with Gasteiger partial charge in [0.05, 0.1) is 5.01 Å². The molecule has 7 nitrogen and oxygen atoms in total. The van der Waals surface area contributed by atoms with E-state index in [1.807, 2.05) is 5.38 Å². The smallest absolute Gasteiger partial charge is 0.272 e. The first-order chi connectivity index (χ1) is 12.7. The highest BCUT2D eigenvalue weighted by atomic mass is 35.5. The first kappa shape index (κ1) is 24.2. The first-order valence-electron chi connectivity index (χ1n) is 8.65. The zero-order chi connectivity index (χ0) is 18.8. The predicted octanol–water partition coefficient (Wildman–Crippen LogP) is 2.29. The Morgan fingerprint density at radius 3 is 2.63 bits per heavy atom. The van der Waals surface area contributed by atoms with Crippen molar-refractivity contribution in [2.45, 2.75) is 25.7 Å². The Hall–Kier alpha value is -0.810. The van der Waals surface area contributed by atoms with Crippen LogP contribution in [0.5, 0.6) is 0 Å². The number of amides is 1. The second-order valence-corrected chi connectivity index (χ2v) is 8.21. The number of unbranched alkanes of at least 4 members (excludes halogenated alkanes) is 1. The van der Waals surface area contributed by atoms with E-state index in [1.165, 1.54) is 22.7 Å². The summed E-state index contributed by atoms with van der Waals surface area (Å²) >= 11 is 9.00. The molecule has 0 radical (unpaired) electrons. The molecular weight excluding hydrogens is 427 g/mol. The Kier molecular flexibility index (Phi) is 12.0. The van der Waals surface area contributed by atoms with Gasteiger partial charge in [-0.3, -0.25) is 4.79 Å². The van der Waals surface area contributed by atoms with Crippen molar-refractivity contribution in [2.24, 2.45) is 11.5 Å². The largest absolute Gasteiger partial charge is 0.351 e. The van der Waals surface area contributed by atoms with Gasteiger partial charge in [0, 0.05) is 18.3 Å². The van der Waals surface area contributed by atoms with Crippen LogP contribution in [-0.2, 0) is 6.42 Å². The lowest BCUT2D eigenvalue weighted by Crippen LogP contribution is -2.28. The Bertz CT molecular complexity index is 694. The number of carbonyl (C=O) groups is 1. The molecule has 0 spiro atoms. The van der Waals surface area contributed by atoms with E-state index in [1.54, 1.807) is 0 Å². The summed E-state index contributed by atoms with van der Waals surface area (Å²) in [6.07, 6.45) is 3.68. The fourth-order valence-electron chi connectivity index (χ4n) is 2.22. The van der Waals surface area contributed by atoms with Crippen molar-refractivity contribution in [3.05, 3.63) is 20.4 Å². The average Bonchev–Trinajstić information content (AvgIpc) is 3.24. The lowest BCUT2D eigenvalue weighted by atomic mass is 10.3. The van der Waals surface area contributed by atoms with Gasteiger partial charge in [-0.1, -0.05) is 22.9 Å². The van der Waals surface area contributed by atoms with E-state index in [0.29, 0.717) is 22.4 Å². The van der Waals surface area contributed by atoms with Gasteiger partial charge in [-0.2, -0.15) is 0 Å². The van der Waals surface area contributed by atoms with Crippen LogP contribution in [0.4, 0.5) is 0 Å². The Balaban J connectivity index is 0.00000364. The van der Waals surface area contributed by atoms with Crippen LogP contribution in [-0.4, -0.2) is 48.6 Å². The number of nitrogens with two attached hydrogens (primary N) is 2. The highest BCUT2D eigenvalue weighted by molar-refractivity contribution is 7.19. The molecule has 0 saturated carbocycles. The molecule has 1 amide bonds. The summed E-state index contributed by atoms with van der Waals surface area (Å²) in [6.45, 7) is 3.66. The lowest BCUT2D eigenvalue weighted by Gasteiger charge is -2.05. The molecule has 6 N–H and O–H groups in total. The van der Waals surface area contributed by atoms with E-state index in [2.05, 4.69) is 20.6 Å². The summed E-state index contributed by atoms with van der Waals surface area (Å²) < 4.78 is 0.380. The minimum absolute atomic E-state index is 0. The number of nitrogens with one attached hydrogen (secondary N) is 2. The third-order valence-corrected chi connectivity index (χ3v) is 5.74. The first-order valence-corrected chi connectivity index (χ1v) is 10.7. The SMILES string of the molecule is Cl.NCCCCNCCCNC(=O)c1nc(-c2csc(CCN)n2)sc1Cl. The molecule has 152 valence electrons. The van der Waals surface area contributed by atoms with Crippen LogP contribution in [0.2, 0.25) is 4.34 Å². The summed E-state index contributed by atoms with van der Waals surface area (Å²) in [5, 5.41) is 9.71. The number of halogens is 2. The van der Waals surface area contributed by atoms with Gasteiger partial charge in [0.1, 0.15) is 15.0 Å². The van der Waals surface area contributed by atoms with Crippen molar-refractivity contribution < 1.29 is 4.79 Å². The van der Waals surface area contributed by atoms with Crippen molar-refractivity contribution in [3.8, 4) is 10.7 Å². The fourth-order valence-corrected chi connectivity index (χ4v) is 4.19. The maximum atomic E-state index is 12.3. The zero-order valence-electron chi connectivity index (χ0n) is 15.0. The maximum Gasteiger partial charge on any atom is 0.272 e. The van der Waals surface area contributed by atoms with Gasteiger partial charge < -0.3 is 22.1 Å². The Morgan fingerprint density at radius 2 is 1.89 bits per heavy atom. The summed E-state index contributed by atoms with van der Waals surface area (Å²) in [5.41, 5.74) is 12.0. The molecule has 0 aliphatic rings. The summed E-state index contributed by atoms with van der Waals surface area (Å²) in [6, 6.07) is 0. The molecular formula is C16H26Cl2N6OS2. The van der Waals surface area contributed by atoms with E-state index >= 15 is 0 Å². The molecule has 0 aliphatic carbocycles. The normalized spacial score (nSPS) is 10.6. The summed E-state index contributed by atoms with van der Waals surface area (Å²) in [7, 11) is 0. The van der Waals surface area contributed by atoms with Crippen molar-refractivity contribution in [1.29, 1.82) is 0 Å². The molecule has 0 bridgehead atoms. The third-order valence-electron chi connectivity index (χ3n) is 3.55. The third kappa shape index (κ3) is 7.98. The van der Waals surface area contributed by atoms with Gasteiger partial charge in [-0.05, 0) is 45.4 Å². The molecule has 2 aromatic rings. The van der Waals surface area contributed by atoms with Crippen molar-refractivity contribution >= 4 is 52.6 Å². The van der Waals surface area contributed by atoms with Gasteiger partial charge in [0.15, 0.2) is 5.69 Å². The summed E-state index contributed by atoms with van der Waals surface area (Å²) in [4.78, 5) is 21.1. The average molecular weight is 453 g/mol. The van der Waals surface area contributed by atoms with Crippen LogP contribution in [0.25, 0.3) is 10.7 Å². The van der Waals surface area contributed by atoms with Crippen LogP contribution in [0.15, 0.2) is 5.38 Å². The monoisotopic (exact) mass is 452 g/mol. The van der Waals surface area contributed by atoms with Gasteiger partial charge in [0.25, 0.3) is 5.91 Å². The van der Waals surface area contributed by atoms with Crippen molar-refractivity contribution in [1.82, 2.24) is 20.6 Å². The van der Waals surface area contributed by atoms with E-state index in [4.69, 9.17) is 23.1 Å². The second kappa shape index (κ2) is 13.4. The van der Waals surface area contributed by atoms with Crippen molar-refractivity contribution in [2.75, 3.05) is 32.7 Å². The molecule has 2 rings (SSSR count). The number of rotatable bonds is 12. The highest BCUT2D eigenvalue weighted by Gasteiger charge is 2.18. The fraction of sp³-hybridized carbons (Fsp3) is 0.562. The van der Waals surface area contributed by atoms with Crippen LogP contribution in [0.3, 0.4) is 0 Å². The number of thiazole rings is 2. The zero-order valence-corrected chi connectivity index (χ0v) is 18.2. The number of nitrogens with zero attached hydrogens (tertiary/aromatic N) is 2. The van der Waals surface area contributed by atoms with E-state index < -0.39 is 0 Å². The number of hydrogen-bond acceptors (Lipinski definition) is 8. The maximum absolute atomic E-state index is 12.3. The molecule has 0 saturated heterocycles. The number of aromatic nitrogens is 2. The summed E-state index contributed by atoms with van der Waals surface area (Å²) in [5.74, 6) is -0.252. The second-order valence-electron chi connectivity index (χ2n) is 5.66. The molecule has 0 aromatic carbocycles. The highest BCUT2D eigenvalue weighted by Crippen LogP contribution is 2.32. The van der Waals surface area contributed by atoms with Crippen LogP contribution >= 0.6 is 46.7 Å². The molecule has 2 heterocycles. The minimum Gasteiger partial charge on any atom is -0.351 e. The molecule has 0 aliphatic heterocycles. The van der Waals surface area contributed by atoms with E-state index in [9.17, 15) is 4.79 Å². The van der Waals surface area contributed by atoms with Crippen LogP contribution in [0, 0.1) is 0 Å². The van der Waals surface area contributed by atoms with Gasteiger partial charge in [-0.15, -0.1) is 23.7 Å². The van der Waals surface area contributed by atoms with Crippen LogP contribution in [0.1, 0.15) is 34.8 Å². The van der Waals surface area contributed by atoms with Crippen LogP contribution < -0.4 is 22.1 Å². The molecule has 0 fully saturated rings. The van der Waals surface area contributed by atoms with Gasteiger partial charge in [-0.25, -0.2) is 9.97 Å². The topological polar surface area (TPSA) is 119 Å². The quantitative estimate of drug-likeness (QED) is 0.366. The van der Waals surface area contributed by atoms with Gasteiger partial charge >= 0.3 is 0 Å². The number of hydrogen-bond donors (Lipinski definition) is 4. The standard InChI is InChI=1S/C16H25ClN6OS2.ClH/c17-14-13(15(24)21-9-3-8-20-7-2-1-5-18)23-16(26-14)11-10-25-12(22-11)4-6-19;/h10,20H,1-9,18-19H2,(H,21,24);1H. The minimum atomic E-state index is -0.252. The lowest BCUT2D eigenvalue weighted by molar-refractivity contribution is 0.0949. The number of carbonyl (C=O) groups excluding carboxylic acids is 1.